The number of rotatable bonds is 4. The van der Waals surface area contributed by atoms with Crippen LogP contribution in [0.15, 0.2) is 36.7 Å². The number of nitrogen functional groups attached to an aromatic ring is 1. The molecule has 0 unspecified atom stereocenters. The van der Waals surface area contributed by atoms with E-state index in [9.17, 15) is 22.4 Å². The summed E-state index contributed by atoms with van der Waals surface area (Å²) in [6.07, 6.45) is -1.69. The first-order valence-electron chi connectivity index (χ1n) is 11.8. The van der Waals surface area contributed by atoms with Crippen molar-refractivity contribution in [2.45, 2.75) is 44.3 Å². The molecule has 2 amide bonds. The molecule has 2 aliphatic rings. The normalized spacial score (nSPS) is 19.5. The smallest absolute Gasteiger partial charge is 0.402 e. The number of anilines is 1. The number of hydrogen-bond donors (Lipinski definition) is 2. The minimum absolute atomic E-state index is 0.116. The summed E-state index contributed by atoms with van der Waals surface area (Å²) in [6.45, 7) is 4.64. The van der Waals surface area contributed by atoms with Crippen LogP contribution in [-0.4, -0.2) is 56.7 Å². The van der Waals surface area contributed by atoms with Crippen LogP contribution in [0, 0.1) is 5.82 Å². The molecule has 3 N–H and O–H groups in total. The lowest BCUT2D eigenvalue weighted by Gasteiger charge is -2.34. The summed E-state index contributed by atoms with van der Waals surface area (Å²) in [4.78, 5) is 22.6. The number of carbonyl (C=O) groups is 1. The highest BCUT2D eigenvalue weighted by molar-refractivity contribution is 5.76. The molecule has 0 radical (unpaired) electrons. The summed E-state index contributed by atoms with van der Waals surface area (Å²) in [5.74, 6) is -1.55. The van der Waals surface area contributed by atoms with Crippen LogP contribution in [0.25, 0.3) is 11.3 Å². The topological polar surface area (TPSA) is 120 Å². The Morgan fingerprint density at radius 1 is 1.24 bits per heavy atom. The highest BCUT2D eigenvalue weighted by Gasteiger charge is 2.47. The lowest BCUT2D eigenvalue weighted by Crippen LogP contribution is -2.50. The number of aromatic nitrogens is 4. The van der Waals surface area contributed by atoms with Gasteiger partial charge in [0.05, 0.1) is 36.6 Å². The highest BCUT2D eigenvalue weighted by Crippen LogP contribution is 2.40. The molecule has 0 saturated carbocycles. The van der Waals surface area contributed by atoms with Crippen LogP contribution in [0.4, 0.5) is 28.2 Å². The first-order chi connectivity index (χ1) is 17.9. The summed E-state index contributed by atoms with van der Waals surface area (Å²) in [6, 6.07) is 5.19. The monoisotopic (exact) mass is 535 g/mol. The maximum absolute atomic E-state index is 14.3. The third-order valence-electron chi connectivity index (χ3n) is 6.62. The van der Waals surface area contributed by atoms with Gasteiger partial charge in [0.15, 0.2) is 11.6 Å². The number of nitrogens with zero attached hydrogens (tertiary/aromatic N) is 5. The first kappa shape index (κ1) is 25.7. The van der Waals surface area contributed by atoms with Gasteiger partial charge in [-0.25, -0.2) is 14.2 Å². The predicted octanol–water partition coefficient (Wildman–Crippen LogP) is 3.54. The van der Waals surface area contributed by atoms with E-state index in [1.807, 2.05) is 0 Å². The van der Waals surface area contributed by atoms with Crippen molar-refractivity contribution in [3.63, 3.8) is 0 Å². The van der Waals surface area contributed by atoms with E-state index in [1.54, 1.807) is 29.5 Å². The zero-order valence-electron chi connectivity index (χ0n) is 20.5. The van der Waals surface area contributed by atoms with Crippen LogP contribution in [0.2, 0.25) is 0 Å². The predicted molar refractivity (Wildman–Crippen MR) is 126 cm³/mol. The molecule has 38 heavy (non-hydrogen) atoms. The van der Waals surface area contributed by atoms with Crippen molar-refractivity contribution in [1.82, 2.24) is 30.0 Å². The molecule has 1 fully saturated rings. The minimum atomic E-state index is -4.93. The van der Waals surface area contributed by atoms with Crippen molar-refractivity contribution in [3.8, 4) is 17.0 Å². The fourth-order valence-electron chi connectivity index (χ4n) is 4.83. The Balaban J connectivity index is 1.37. The summed E-state index contributed by atoms with van der Waals surface area (Å²) in [5.41, 5.74) is 5.05. The zero-order valence-corrected chi connectivity index (χ0v) is 20.5. The molecule has 1 atom stereocenters. The number of hydrogen-bond acceptors (Lipinski definition) is 7. The molecule has 202 valence electrons. The van der Waals surface area contributed by atoms with E-state index < -0.39 is 40.9 Å². The van der Waals surface area contributed by atoms with E-state index in [1.165, 1.54) is 24.5 Å². The molecule has 0 aliphatic carbocycles. The third kappa shape index (κ3) is 4.83. The van der Waals surface area contributed by atoms with Crippen molar-refractivity contribution in [2.24, 2.45) is 0 Å². The molecule has 3 aromatic heterocycles. The zero-order chi connectivity index (χ0) is 27.3. The van der Waals surface area contributed by atoms with Crippen molar-refractivity contribution in [3.05, 3.63) is 53.9 Å². The standard InChI is InChI=1S/C24H25F4N7O3/c1-22(2,19-15(25)4-3-6-30-19)32-21(36)34-7-5-23(13-34)18-11-16(33-35(18)8-9-37-23)14-10-17(20(29)31-12-14)38-24(26,27)28/h3-4,6,10-12H,5,7-9,13H2,1-2H3,(H2,29,31)(H,32,36)/t23-/m1/s1. The lowest BCUT2D eigenvalue weighted by molar-refractivity contribution is -0.274. The van der Waals surface area contributed by atoms with Gasteiger partial charge in [0.2, 0.25) is 0 Å². The van der Waals surface area contributed by atoms with Crippen LogP contribution in [-0.2, 0) is 22.4 Å². The molecule has 2 aliphatic heterocycles. The largest absolute Gasteiger partial charge is 0.573 e. The molecule has 5 heterocycles. The second kappa shape index (κ2) is 9.11. The van der Waals surface area contributed by atoms with Crippen LogP contribution < -0.4 is 15.8 Å². The quantitative estimate of drug-likeness (QED) is 0.491. The summed E-state index contributed by atoms with van der Waals surface area (Å²) in [5, 5.41) is 7.38. The number of halogens is 4. The van der Waals surface area contributed by atoms with E-state index in [0.717, 1.165) is 6.07 Å². The number of urea groups is 1. The average molecular weight is 536 g/mol. The second-order valence-corrected chi connectivity index (χ2v) is 9.70. The van der Waals surface area contributed by atoms with Crippen LogP contribution in [0.1, 0.15) is 31.7 Å². The van der Waals surface area contributed by atoms with E-state index in [4.69, 9.17) is 10.5 Å². The average Bonchev–Trinajstić information content (AvgIpc) is 3.46. The van der Waals surface area contributed by atoms with Gasteiger partial charge in [0.25, 0.3) is 0 Å². The molecule has 1 saturated heterocycles. The first-order valence-corrected chi connectivity index (χ1v) is 11.8. The van der Waals surface area contributed by atoms with Gasteiger partial charge >= 0.3 is 12.4 Å². The Hall–Kier alpha value is -3.94. The fourth-order valence-corrected chi connectivity index (χ4v) is 4.83. The Morgan fingerprint density at radius 3 is 2.76 bits per heavy atom. The number of pyridine rings is 2. The van der Waals surface area contributed by atoms with Gasteiger partial charge in [0.1, 0.15) is 17.1 Å². The molecule has 5 rings (SSSR count). The maximum Gasteiger partial charge on any atom is 0.573 e. The van der Waals surface area contributed by atoms with Gasteiger partial charge < -0.3 is 25.4 Å². The van der Waals surface area contributed by atoms with E-state index in [-0.39, 0.29) is 17.8 Å². The third-order valence-corrected chi connectivity index (χ3v) is 6.62. The van der Waals surface area contributed by atoms with Crippen LogP contribution in [0.5, 0.6) is 5.75 Å². The van der Waals surface area contributed by atoms with Gasteiger partial charge in [-0.3, -0.25) is 9.67 Å². The summed E-state index contributed by atoms with van der Waals surface area (Å²) in [7, 11) is 0. The number of amides is 2. The van der Waals surface area contributed by atoms with E-state index >= 15 is 0 Å². The number of carbonyl (C=O) groups excluding carboxylic acids is 1. The summed E-state index contributed by atoms with van der Waals surface area (Å²) < 4.78 is 64.4. The maximum atomic E-state index is 14.3. The molecule has 10 nitrogen and oxygen atoms in total. The Labute approximate surface area is 214 Å². The summed E-state index contributed by atoms with van der Waals surface area (Å²) >= 11 is 0. The molecular weight excluding hydrogens is 510 g/mol. The molecular formula is C24H25F4N7O3. The van der Waals surface area contributed by atoms with Crippen LogP contribution in [0.3, 0.4) is 0 Å². The molecule has 0 bridgehead atoms. The van der Waals surface area contributed by atoms with E-state index in [0.29, 0.717) is 37.5 Å². The molecule has 1 spiro atoms. The number of ether oxygens (including phenoxy) is 2. The van der Waals surface area contributed by atoms with Crippen LogP contribution >= 0.6 is 0 Å². The number of likely N-dealkylation sites (tertiary alicyclic amines) is 1. The van der Waals surface area contributed by atoms with Crippen molar-refractivity contribution >= 4 is 11.8 Å². The Bertz CT molecular complexity index is 1380. The van der Waals surface area contributed by atoms with Gasteiger partial charge in [-0.1, -0.05) is 0 Å². The number of nitrogens with two attached hydrogens (primary N) is 1. The highest BCUT2D eigenvalue weighted by atomic mass is 19.4. The second-order valence-electron chi connectivity index (χ2n) is 9.70. The number of nitrogens with one attached hydrogen (secondary N) is 1. The number of fused-ring (bicyclic) bond motifs is 2. The van der Waals surface area contributed by atoms with E-state index in [2.05, 4.69) is 25.1 Å². The Morgan fingerprint density at radius 2 is 2.03 bits per heavy atom. The molecule has 0 aromatic carbocycles. The number of alkyl halides is 3. The van der Waals surface area contributed by atoms with Crippen molar-refractivity contribution < 1.29 is 31.8 Å². The minimum Gasteiger partial charge on any atom is -0.402 e. The SMILES string of the molecule is CC(C)(NC(=O)N1CC[C@]2(C1)OCCn1nc(-c3cnc(N)c(OC(F)(F)F)c3)cc12)c1ncccc1F. The Kier molecular flexibility index (Phi) is 6.16. The van der Waals surface area contributed by atoms with Gasteiger partial charge in [0, 0.05) is 30.9 Å². The van der Waals surface area contributed by atoms with Gasteiger partial charge in [-0.15, -0.1) is 13.2 Å². The fraction of sp³-hybridized carbons (Fsp3) is 0.417. The van der Waals surface area contributed by atoms with Crippen molar-refractivity contribution in [1.29, 1.82) is 0 Å². The molecule has 3 aromatic rings. The van der Waals surface area contributed by atoms with Gasteiger partial charge in [-0.05, 0) is 38.1 Å². The van der Waals surface area contributed by atoms with Gasteiger partial charge in [-0.2, -0.15) is 5.10 Å². The lowest BCUT2D eigenvalue weighted by atomic mass is 9.96. The molecule has 14 heteroatoms. The van der Waals surface area contributed by atoms with Crippen molar-refractivity contribution in [2.75, 3.05) is 25.4 Å².